The third-order valence-corrected chi connectivity index (χ3v) is 2.95. The molecule has 0 fully saturated rings. The standard InChI is InChI=1S/C14H17N5O6/c1-3-24-14(20)16-15-8-10-9-18(6-7-23-2)17-13(10)11-4-5-12(25-11)19(21)22/h4-5,8-9H,3,6-7H2,1-2H3,(H,16,20). The molecule has 0 radical (unpaired) electrons. The van der Waals surface area contributed by atoms with E-state index < -0.39 is 16.9 Å². The van der Waals surface area contributed by atoms with Crippen LogP contribution in [-0.4, -0.2) is 47.3 Å². The minimum Gasteiger partial charge on any atom is -0.449 e. The molecule has 11 nitrogen and oxygen atoms in total. The number of methoxy groups -OCH3 is 1. The molecule has 0 atom stereocenters. The van der Waals surface area contributed by atoms with E-state index in [1.807, 2.05) is 0 Å². The molecule has 0 bridgehead atoms. The van der Waals surface area contributed by atoms with Crippen molar-refractivity contribution in [3.63, 3.8) is 0 Å². The van der Waals surface area contributed by atoms with Crippen LogP contribution in [0.15, 0.2) is 27.8 Å². The van der Waals surface area contributed by atoms with Gasteiger partial charge in [0.2, 0.25) is 0 Å². The van der Waals surface area contributed by atoms with Crippen molar-refractivity contribution in [2.24, 2.45) is 5.10 Å². The molecule has 0 aliphatic rings. The molecule has 0 aliphatic carbocycles. The first-order valence-electron chi connectivity index (χ1n) is 7.32. The summed E-state index contributed by atoms with van der Waals surface area (Å²) in [5, 5.41) is 18.8. The van der Waals surface area contributed by atoms with Crippen LogP contribution in [0.3, 0.4) is 0 Å². The Bertz CT molecular complexity index is 766. The second-order valence-electron chi connectivity index (χ2n) is 4.67. The van der Waals surface area contributed by atoms with Gasteiger partial charge in [-0.3, -0.25) is 14.8 Å². The van der Waals surface area contributed by atoms with Gasteiger partial charge in [0, 0.05) is 18.9 Å². The monoisotopic (exact) mass is 351 g/mol. The molecule has 1 N–H and O–H groups in total. The number of amides is 1. The molecule has 1 amide bonds. The average Bonchev–Trinajstić information content (AvgIpc) is 3.20. The van der Waals surface area contributed by atoms with E-state index in [-0.39, 0.29) is 12.4 Å². The molecule has 0 aromatic carbocycles. The molecule has 0 aliphatic heterocycles. The summed E-state index contributed by atoms with van der Waals surface area (Å²) in [4.78, 5) is 21.4. The summed E-state index contributed by atoms with van der Waals surface area (Å²) in [6, 6.07) is 2.68. The molecule has 11 heteroatoms. The summed E-state index contributed by atoms with van der Waals surface area (Å²) in [7, 11) is 1.56. The number of furan rings is 1. The van der Waals surface area contributed by atoms with Gasteiger partial charge in [0.25, 0.3) is 0 Å². The van der Waals surface area contributed by atoms with Crippen LogP contribution < -0.4 is 5.43 Å². The number of aromatic nitrogens is 2. The first-order chi connectivity index (χ1) is 12.0. The summed E-state index contributed by atoms with van der Waals surface area (Å²) >= 11 is 0. The summed E-state index contributed by atoms with van der Waals surface area (Å²) < 4.78 is 16.4. The number of rotatable bonds is 8. The van der Waals surface area contributed by atoms with E-state index in [0.717, 1.165) is 0 Å². The Morgan fingerprint density at radius 3 is 3.00 bits per heavy atom. The largest absolute Gasteiger partial charge is 0.449 e. The van der Waals surface area contributed by atoms with Crippen molar-refractivity contribution in [3.8, 4) is 11.5 Å². The second-order valence-corrected chi connectivity index (χ2v) is 4.67. The summed E-state index contributed by atoms with van der Waals surface area (Å²) in [6.07, 6.45) is 2.30. The lowest BCUT2D eigenvalue weighted by molar-refractivity contribution is -0.401. The number of hydrazone groups is 1. The number of nitrogens with zero attached hydrogens (tertiary/aromatic N) is 4. The number of hydrogen-bond donors (Lipinski definition) is 1. The van der Waals surface area contributed by atoms with Crippen molar-refractivity contribution in [3.05, 3.63) is 34.0 Å². The predicted molar refractivity (Wildman–Crippen MR) is 86.2 cm³/mol. The molecule has 2 aromatic heterocycles. The Morgan fingerprint density at radius 2 is 2.36 bits per heavy atom. The van der Waals surface area contributed by atoms with Gasteiger partial charge in [0.05, 0.1) is 32.0 Å². The molecule has 0 saturated carbocycles. The molecule has 2 aromatic rings. The highest BCUT2D eigenvalue weighted by molar-refractivity contribution is 5.88. The minimum atomic E-state index is -0.694. The molecular formula is C14H17N5O6. The molecule has 25 heavy (non-hydrogen) atoms. The molecule has 0 spiro atoms. The van der Waals surface area contributed by atoms with Gasteiger partial charge in [-0.25, -0.2) is 10.2 Å². The predicted octanol–water partition coefficient (Wildman–Crippen LogP) is 1.78. The lowest BCUT2D eigenvalue weighted by Crippen LogP contribution is -2.18. The fraction of sp³-hybridized carbons (Fsp3) is 0.357. The van der Waals surface area contributed by atoms with Gasteiger partial charge in [0.1, 0.15) is 10.6 Å². The number of nitro groups is 1. The Labute approximate surface area is 142 Å². The van der Waals surface area contributed by atoms with Crippen LogP contribution in [0, 0.1) is 10.1 Å². The highest BCUT2D eigenvalue weighted by Gasteiger charge is 2.18. The zero-order valence-corrected chi connectivity index (χ0v) is 13.7. The zero-order valence-electron chi connectivity index (χ0n) is 13.7. The summed E-state index contributed by atoms with van der Waals surface area (Å²) in [5.74, 6) is -0.186. The third-order valence-electron chi connectivity index (χ3n) is 2.95. The fourth-order valence-corrected chi connectivity index (χ4v) is 1.89. The van der Waals surface area contributed by atoms with Crippen LogP contribution in [0.5, 0.6) is 0 Å². The molecule has 0 unspecified atom stereocenters. The van der Waals surface area contributed by atoms with Gasteiger partial charge < -0.3 is 13.9 Å². The van der Waals surface area contributed by atoms with Gasteiger partial charge in [-0.1, -0.05) is 0 Å². The van der Waals surface area contributed by atoms with Crippen LogP contribution in [0.2, 0.25) is 0 Å². The van der Waals surface area contributed by atoms with Crippen molar-refractivity contribution in [1.82, 2.24) is 15.2 Å². The van der Waals surface area contributed by atoms with Crippen molar-refractivity contribution in [1.29, 1.82) is 0 Å². The molecule has 2 heterocycles. The van der Waals surface area contributed by atoms with E-state index in [4.69, 9.17) is 9.15 Å². The maximum absolute atomic E-state index is 11.2. The quantitative estimate of drug-likeness (QED) is 0.435. The molecule has 2 rings (SSSR count). The van der Waals surface area contributed by atoms with Gasteiger partial charge in [-0.15, -0.1) is 0 Å². The highest BCUT2D eigenvalue weighted by Crippen LogP contribution is 2.26. The van der Waals surface area contributed by atoms with Crippen molar-refractivity contribution < 1.29 is 23.6 Å². The summed E-state index contributed by atoms with van der Waals surface area (Å²) in [5.41, 5.74) is 3.04. The lowest BCUT2D eigenvalue weighted by Gasteiger charge is -1.98. The lowest BCUT2D eigenvalue weighted by atomic mass is 10.2. The van der Waals surface area contributed by atoms with Gasteiger partial charge in [-0.05, 0) is 13.0 Å². The van der Waals surface area contributed by atoms with Crippen molar-refractivity contribution >= 4 is 18.2 Å². The van der Waals surface area contributed by atoms with Gasteiger partial charge in [0.15, 0.2) is 5.76 Å². The SMILES string of the molecule is CCOC(=O)NN=Cc1cn(CCOC)nc1-c1ccc([N+](=O)[O-])o1. The van der Waals surface area contributed by atoms with Crippen LogP contribution in [0.1, 0.15) is 12.5 Å². The normalized spacial score (nSPS) is 11.0. The van der Waals surface area contributed by atoms with Gasteiger partial charge in [-0.2, -0.15) is 10.2 Å². The maximum Gasteiger partial charge on any atom is 0.433 e. The second kappa shape index (κ2) is 8.59. The zero-order chi connectivity index (χ0) is 18.2. The summed E-state index contributed by atoms with van der Waals surface area (Å²) in [6.45, 7) is 2.78. The number of ether oxygens (including phenoxy) is 2. The van der Waals surface area contributed by atoms with Crippen molar-refractivity contribution in [2.45, 2.75) is 13.5 Å². The molecular weight excluding hydrogens is 334 g/mol. The van der Waals surface area contributed by atoms with Crippen LogP contribution in [-0.2, 0) is 16.0 Å². The number of carbonyl (C=O) groups is 1. The average molecular weight is 351 g/mol. The first-order valence-corrected chi connectivity index (χ1v) is 7.32. The molecule has 0 saturated heterocycles. The van der Waals surface area contributed by atoms with E-state index >= 15 is 0 Å². The molecule has 134 valence electrons. The topological polar surface area (TPSA) is 134 Å². The van der Waals surface area contributed by atoms with E-state index in [1.165, 1.54) is 18.3 Å². The Kier molecular flexibility index (Phi) is 6.23. The smallest absolute Gasteiger partial charge is 0.433 e. The van der Waals surface area contributed by atoms with E-state index in [1.54, 1.807) is 24.9 Å². The Balaban J connectivity index is 2.25. The van der Waals surface area contributed by atoms with Crippen LogP contribution in [0.25, 0.3) is 11.5 Å². The number of nitrogens with one attached hydrogen (secondary N) is 1. The van der Waals surface area contributed by atoms with Crippen LogP contribution >= 0.6 is 0 Å². The van der Waals surface area contributed by atoms with E-state index in [9.17, 15) is 14.9 Å². The van der Waals surface area contributed by atoms with Crippen molar-refractivity contribution in [2.75, 3.05) is 20.3 Å². The highest BCUT2D eigenvalue weighted by atomic mass is 16.6. The third kappa shape index (κ3) is 4.88. The van der Waals surface area contributed by atoms with E-state index in [2.05, 4.69) is 20.4 Å². The number of hydrogen-bond acceptors (Lipinski definition) is 8. The van der Waals surface area contributed by atoms with Crippen LogP contribution in [0.4, 0.5) is 10.7 Å². The van der Waals surface area contributed by atoms with E-state index in [0.29, 0.717) is 24.4 Å². The fourth-order valence-electron chi connectivity index (χ4n) is 1.89. The maximum atomic E-state index is 11.2. The Morgan fingerprint density at radius 1 is 1.56 bits per heavy atom. The Hall–Kier alpha value is -3.21. The van der Waals surface area contributed by atoms with Gasteiger partial charge >= 0.3 is 12.0 Å². The minimum absolute atomic E-state index is 0.209. The number of carbonyl (C=O) groups excluding carboxylic acids is 1. The first kappa shape index (κ1) is 18.1.